The van der Waals surface area contributed by atoms with Crippen LogP contribution >= 0.6 is 24.8 Å². The number of nitrogens with zero attached hydrogens (tertiary/aromatic N) is 1. The van der Waals surface area contributed by atoms with Gasteiger partial charge in [-0.15, -0.1) is 24.8 Å². The Labute approximate surface area is 122 Å². The molecule has 0 aromatic carbocycles. The Kier molecular flexibility index (Phi) is 8.95. The number of carbonyl (C=O) groups excluding carboxylic acids is 1. The van der Waals surface area contributed by atoms with Crippen LogP contribution in [0.25, 0.3) is 0 Å². The number of rotatable bonds is 4. The number of carbonyl (C=O) groups is 1. The summed E-state index contributed by atoms with van der Waals surface area (Å²) in [6.45, 7) is 6.30. The summed E-state index contributed by atoms with van der Waals surface area (Å²) in [6.07, 6.45) is 4.62. The summed E-state index contributed by atoms with van der Waals surface area (Å²) >= 11 is 0. The smallest absolute Gasteiger partial charge is 0.237 e. The van der Waals surface area contributed by atoms with Crippen molar-refractivity contribution in [3.8, 4) is 0 Å². The zero-order valence-electron chi connectivity index (χ0n) is 11.0. The Balaban J connectivity index is 0.00000144. The quantitative estimate of drug-likeness (QED) is 0.819. The van der Waals surface area contributed by atoms with Crippen molar-refractivity contribution in [2.24, 2.45) is 0 Å². The van der Waals surface area contributed by atoms with Gasteiger partial charge in [0, 0.05) is 12.6 Å². The van der Waals surface area contributed by atoms with E-state index >= 15 is 0 Å². The van der Waals surface area contributed by atoms with E-state index < -0.39 is 0 Å². The van der Waals surface area contributed by atoms with Crippen LogP contribution in [0.5, 0.6) is 0 Å². The fraction of sp³-hybridized carbons (Fsp3) is 0.917. The highest BCUT2D eigenvalue weighted by atomic mass is 35.5. The predicted octanol–water partition coefficient (Wildman–Crippen LogP) is 1.18. The van der Waals surface area contributed by atoms with E-state index in [0.717, 1.165) is 32.5 Å². The molecule has 0 radical (unpaired) electrons. The lowest BCUT2D eigenvalue weighted by Gasteiger charge is -2.23. The van der Waals surface area contributed by atoms with Crippen LogP contribution in [0.15, 0.2) is 0 Å². The van der Waals surface area contributed by atoms with Crippen molar-refractivity contribution in [2.45, 2.75) is 44.7 Å². The first-order valence-electron chi connectivity index (χ1n) is 6.56. The summed E-state index contributed by atoms with van der Waals surface area (Å²) in [7, 11) is 0. The van der Waals surface area contributed by atoms with E-state index in [0.29, 0.717) is 6.04 Å². The van der Waals surface area contributed by atoms with Gasteiger partial charge in [-0.05, 0) is 45.3 Å². The SMILES string of the molecule is CCN1CCCC1CNC(=O)[C@@H]1CCCN1.Cl.Cl. The molecule has 4 nitrogen and oxygen atoms in total. The molecule has 2 heterocycles. The van der Waals surface area contributed by atoms with Crippen molar-refractivity contribution < 1.29 is 4.79 Å². The van der Waals surface area contributed by atoms with Gasteiger partial charge in [0.1, 0.15) is 0 Å². The standard InChI is InChI=1S/C12H23N3O.2ClH/c1-2-15-8-4-5-10(15)9-14-12(16)11-6-3-7-13-11;;/h10-11,13H,2-9H2,1H3,(H,14,16);2*1H/t10?,11-;;/m0../s1. The van der Waals surface area contributed by atoms with E-state index in [1.807, 2.05) is 0 Å². The van der Waals surface area contributed by atoms with Gasteiger partial charge in [-0.3, -0.25) is 9.69 Å². The highest BCUT2D eigenvalue weighted by Gasteiger charge is 2.26. The third kappa shape index (κ3) is 4.57. The van der Waals surface area contributed by atoms with Crippen molar-refractivity contribution in [1.29, 1.82) is 0 Å². The zero-order valence-corrected chi connectivity index (χ0v) is 12.6. The molecule has 6 heteroatoms. The van der Waals surface area contributed by atoms with Crippen LogP contribution in [0.1, 0.15) is 32.6 Å². The van der Waals surface area contributed by atoms with Gasteiger partial charge in [-0.2, -0.15) is 0 Å². The number of likely N-dealkylation sites (tertiary alicyclic amines) is 1. The molecule has 0 aromatic heterocycles. The van der Waals surface area contributed by atoms with Gasteiger partial charge < -0.3 is 10.6 Å². The Morgan fingerprint density at radius 2 is 2.11 bits per heavy atom. The van der Waals surface area contributed by atoms with Gasteiger partial charge in [-0.1, -0.05) is 6.92 Å². The first-order valence-corrected chi connectivity index (χ1v) is 6.56. The van der Waals surface area contributed by atoms with Gasteiger partial charge in [0.05, 0.1) is 6.04 Å². The Hall–Kier alpha value is -0.0300. The lowest BCUT2D eigenvalue weighted by molar-refractivity contribution is -0.123. The molecule has 0 bridgehead atoms. The van der Waals surface area contributed by atoms with Crippen LogP contribution in [0.3, 0.4) is 0 Å². The van der Waals surface area contributed by atoms with E-state index in [2.05, 4.69) is 22.5 Å². The van der Waals surface area contributed by atoms with Crippen molar-refractivity contribution >= 4 is 30.7 Å². The minimum absolute atomic E-state index is 0. The van der Waals surface area contributed by atoms with Gasteiger partial charge in [-0.25, -0.2) is 0 Å². The second-order valence-corrected chi connectivity index (χ2v) is 4.82. The van der Waals surface area contributed by atoms with Gasteiger partial charge in [0.2, 0.25) is 5.91 Å². The van der Waals surface area contributed by atoms with Gasteiger partial charge in [0.15, 0.2) is 0 Å². The zero-order chi connectivity index (χ0) is 11.4. The van der Waals surface area contributed by atoms with E-state index in [9.17, 15) is 4.79 Å². The van der Waals surface area contributed by atoms with Crippen molar-refractivity contribution in [3.05, 3.63) is 0 Å². The molecule has 1 unspecified atom stereocenters. The molecule has 0 aliphatic carbocycles. The lowest BCUT2D eigenvalue weighted by Crippen LogP contribution is -2.46. The summed E-state index contributed by atoms with van der Waals surface area (Å²) < 4.78 is 0. The fourth-order valence-electron chi connectivity index (χ4n) is 2.79. The van der Waals surface area contributed by atoms with Crippen LogP contribution in [0.4, 0.5) is 0 Å². The molecule has 0 saturated carbocycles. The summed E-state index contributed by atoms with van der Waals surface area (Å²) in [6, 6.07) is 0.631. The first kappa shape index (κ1) is 18.0. The molecule has 2 atom stereocenters. The third-order valence-corrected chi connectivity index (χ3v) is 3.79. The number of halogens is 2. The molecule has 0 aromatic rings. The topological polar surface area (TPSA) is 44.4 Å². The highest BCUT2D eigenvalue weighted by molar-refractivity contribution is 5.85. The molecule has 2 rings (SSSR count). The third-order valence-electron chi connectivity index (χ3n) is 3.79. The molecule has 1 amide bonds. The Morgan fingerprint density at radius 3 is 2.72 bits per heavy atom. The average Bonchev–Trinajstić information content (AvgIpc) is 2.96. The molecule has 2 aliphatic rings. The Morgan fingerprint density at radius 1 is 1.33 bits per heavy atom. The Bertz CT molecular complexity index is 247. The normalized spacial score (nSPS) is 27.4. The number of likely N-dealkylation sites (N-methyl/N-ethyl adjacent to an activating group) is 1. The summed E-state index contributed by atoms with van der Waals surface area (Å²) in [5.41, 5.74) is 0. The number of amides is 1. The summed E-state index contributed by atoms with van der Waals surface area (Å²) in [5, 5.41) is 6.32. The maximum absolute atomic E-state index is 11.8. The van der Waals surface area contributed by atoms with Crippen LogP contribution < -0.4 is 10.6 Å². The molecule has 18 heavy (non-hydrogen) atoms. The van der Waals surface area contributed by atoms with E-state index in [1.54, 1.807) is 0 Å². The largest absolute Gasteiger partial charge is 0.353 e. The molecular formula is C12H25Cl2N3O. The van der Waals surface area contributed by atoms with Crippen LogP contribution in [0, 0.1) is 0 Å². The van der Waals surface area contributed by atoms with Crippen LogP contribution in [-0.2, 0) is 4.79 Å². The summed E-state index contributed by atoms with van der Waals surface area (Å²) in [4.78, 5) is 14.3. The van der Waals surface area contributed by atoms with E-state index in [4.69, 9.17) is 0 Å². The fourth-order valence-corrected chi connectivity index (χ4v) is 2.79. The van der Waals surface area contributed by atoms with Crippen molar-refractivity contribution in [1.82, 2.24) is 15.5 Å². The molecule has 2 fully saturated rings. The van der Waals surface area contributed by atoms with E-state index in [-0.39, 0.29) is 36.8 Å². The minimum atomic E-state index is 0. The second-order valence-electron chi connectivity index (χ2n) is 4.82. The average molecular weight is 298 g/mol. The van der Waals surface area contributed by atoms with Gasteiger partial charge >= 0.3 is 0 Å². The number of nitrogens with one attached hydrogen (secondary N) is 2. The van der Waals surface area contributed by atoms with Crippen molar-refractivity contribution in [2.75, 3.05) is 26.2 Å². The van der Waals surface area contributed by atoms with E-state index in [1.165, 1.54) is 19.4 Å². The maximum atomic E-state index is 11.8. The van der Waals surface area contributed by atoms with Crippen LogP contribution in [0.2, 0.25) is 0 Å². The predicted molar refractivity (Wildman–Crippen MR) is 78.8 cm³/mol. The number of hydrogen-bond acceptors (Lipinski definition) is 3. The minimum Gasteiger partial charge on any atom is -0.353 e. The molecule has 0 spiro atoms. The molecule has 2 saturated heterocycles. The summed E-state index contributed by atoms with van der Waals surface area (Å²) in [5.74, 6) is 0.195. The molecule has 108 valence electrons. The maximum Gasteiger partial charge on any atom is 0.237 e. The monoisotopic (exact) mass is 297 g/mol. The number of hydrogen-bond donors (Lipinski definition) is 2. The highest BCUT2D eigenvalue weighted by Crippen LogP contribution is 2.15. The second kappa shape index (κ2) is 8.97. The first-order chi connectivity index (χ1) is 7.81. The lowest BCUT2D eigenvalue weighted by atomic mass is 10.2. The van der Waals surface area contributed by atoms with Crippen molar-refractivity contribution in [3.63, 3.8) is 0 Å². The van der Waals surface area contributed by atoms with Gasteiger partial charge in [0.25, 0.3) is 0 Å². The molecule has 2 aliphatic heterocycles. The molecule has 2 N–H and O–H groups in total. The van der Waals surface area contributed by atoms with Crippen LogP contribution in [-0.4, -0.2) is 49.1 Å². The molecular weight excluding hydrogens is 273 g/mol.